The topological polar surface area (TPSA) is 64.6 Å². The molecule has 1 amide bonds. The minimum Gasteiger partial charge on any atom is -0.452 e. The monoisotopic (exact) mass is 291 g/mol. The van der Waals surface area contributed by atoms with Crippen LogP contribution in [0.15, 0.2) is 24.3 Å². The van der Waals surface area contributed by atoms with Gasteiger partial charge in [0.05, 0.1) is 12.2 Å². The largest absolute Gasteiger partial charge is 0.452 e. The highest BCUT2D eigenvalue weighted by Crippen LogP contribution is 2.17. The lowest BCUT2D eigenvalue weighted by Gasteiger charge is -2.12. The average molecular weight is 291 g/mol. The molecule has 0 saturated heterocycles. The van der Waals surface area contributed by atoms with Crippen molar-refractivity contribution in [3.05, 3.63) is 35.4 Å². The number of esters is 1. The standard InChI is InChI=1S/C16H21NO4/c1-20-10-12-6-8-13(9-7-12)16(19)21-11-15(18)17-14-4-2-3-5-14/h6-9,14H,2-5,10-11H2,1H3,(H,17,18). The molecule has 5 heteroatoms. The highest BCUT2D eigenvalue weighted by molar-refractivity contribution is 5.91. The Balaban J connectivity index is 1.76. The van der Waals surface area contributed by atoms with Gasteiger partial charge in [0, 0.05) is 13.2 Å². The van der Waals surface area contributed by atoms with E-state index in [1.165, 1.54) is 0 Å². The van der Waals surface area contributed by atoms with Crippen LogP contribution < -0.4 is 5.32 Å². The number of benzene rings is 1. The van der Waals surface area contributed by atoms with Crippen LogP contribution in [0.2, 0.25) is 0 Å². The van der Waals surface area contributed by atoms with Gasteiger partial charge in [0.15, 0.2) is 6.61 Å². The fourth-order valence-corrected chi connectivity index (χ4v) is 2.46. The van der Waals surface area contributed by atoms with Crippen molar-refractivity contribution in [1.29, 1.82) is 0 Å². The molecule has 1 N–H and O–H groups in total. The van der Waals surface area contributed by atoms with E-state index in [9.17, 15) is 9.59 Å². The Hall–Kier alpha value is -1.88. The molecule has 1 aliphatic rings. The van der Waals surface area contributed by atoms with Gasteiger partial charge >= 0.3 is 5.97 Å². The van der Waals surface area contributed by atoms with Crippen LogP contribution in [0.4, 0.5) is 0 Å². The van der Waals surface area contributed by atoms with E-state index in [1.807, 2.05) is 0 Å². The molecule has 0 bridgehead atoms. The third-order valence-electron chi connectivity index (χ3n) is 3.56. The molecule has 0 unspecified atom stereocenters. The Kier molecular flexibility index (Phi) is 5.75. The molecule has 21 heavy (non-hydrogen) atoms. The molecule has 0 atom stereocenters. The summed E-state index contributed by atoms with van der Waals surface area (Å²) in [6.07, 6.45) is 4.33. The van der Waals surface area contributed by atoms with Gasteiger partial charge in [0.1, 0.15) is 0 Å². The number of amides is 1. The molecule has 1 aromatic carbocycles. The Labute approximate surface area is 124 Å². The van der Waals surface area contributed by atoms with Crippen molar-refractivity contribution in [2.24, 2.45) is 0 Å². The molecule has 1 saturated carbocycles. The van der Waals surface area contributed by atoms with Crippen LogP contribution >= 0.6 is 0 Å². The summed E-state index contributed by atoms with van der Waals surface area (Å²) in [6.45, 7) is 0.272. The lowest BCUT2D eigenvalue weighted by molar-refractivity contribution is -0.124. The molecule has 5 nitrogen and oxygen atoms in total. The molecule has 0 aliphatic heterocycles. The third-order valence-corrected chi connectivity index (χ3v) is 3.56. The van der Waals surface area contributed by atoms with Crippen molar-refractivity contribution >= 4 is 11.9 Å². The molecule has 2 rings (SSSR count). The lowest BCUT2D eigenvalue weighted by atomic mass is 10.1. The normalized spacial score (nSPS) is 14.9. The number of nitrogens with one attached hydrogen (secondary N) is 1. The summed E-state index contributed by atoms with van der Waals surface area (Å²) in [6, 6.07) is 7.19. The number of methoxy groups -OCH3 is 1. The van der Waals surface area contributed by atoms with E-state index in [-0.39, 0.29) is 18.6 Å². The number of ether oxygens (including phenoxy) is 2. The predicted octanol–water partition coefficient (Wildman–Crippen LogP) is 2.05. The summed E-state index contributed by atoms with van der Waals surface area (Å²) in [5.41, 5.74) is 1.41. The minimum atomic E-state index is -0.486. The first-order valence-electron chi connectivity index (χ1n) is 7.23. The van der Waals surface area contributed by atoms with Crippen molar-refractivity contribution in [3.8, 4) is 0 Å². The molecule has 1 aromatic rings. The van der Waals surface area contributed by atoms with E-state index in [0.717, 1.165) is 31.2 Å². The van der Waals surface area contributed by atoms with E-state index >= 15 is 0 Å². The van der Waals surface area contributed by atoms with Gasteiger partial charge < -0.3 is 14.8 Å². The maximum absolute atomic E-state index is 11.8. The predicted molar refractivity (Wildman–Crippen MR) is 77.8 cm³/mol. The van der Waals surface area contributed by atoms with Crippen LogP contribution in [-0.4, -0.2) is 31.6 Å². The zero-order chi connectivity index (χ0) is 15.1. The number of rotatable bonds is 6. The number of carbonyl (C=O) groups is 2. The van der Waals surface area contributed by atoms with Gasteiger partial charge in [-0.25, -0.2) is 4.79 Å². The Morgan fingerprint density at radius 1 is 1.19 bits per heavy atom. The van der Waals surface area contributed by atoms with Crippen molar-refractivity contribution in [2.45, 2.75) is 38.3 Å². The van der Waals surface area contributed by atoms with Crippen LogP contribution in [0.25, 0.3) is 0 Å². The van der Waals surface area contributed by atoms with Crippen molar-refractivity contribution in [3.63, 3.8) is 0 Å². The second-order valence-corrected chi connectivity index (χ2v) is 5.25. The quantitative estimate of drug-likeness (QED) is 0.815. The van der Waals surface area contributed by atoms with Crippen LogP contribution in [0.5, 0.6) is 0 Å². The Morgan fingerprint density at radius 2 is 1.86 bits per heavy atom. The fraction of sp³-hybridized carbons (Fsp3) is 0.500. The molecule has 1 fully saturated rings. The van der Waals surface area contributed by atoms with Gasteiger partial charge in [0.2, 0.25) is 0 Å². The maximum atomic E-state index is 11.8. The second-order valence-electron chi connectivity index (χ2n) is 5.25. The SMILES string of the molecule is COCc1ccc(C(=O)OCC(=O)NC2CCCC2)cc1. The molecule has 0 heterocycles. The van der Waals surface area contributed by atoms with Crippen LogP contribution in [0, 0.1) is 0 Å². The van der Waals surface area contributed by atoms with Crippen molar-refractivity contribution in [2.75, 3.05) is 13.7 Å². The summed E-state index contributed by atoms with van der Waals surface area (Å²) in [5, 5.41) is 2.88. The lowest BCUT2D eigenvalue weighted by Crippen LogP contribution is -2.35. The highest BCUT2D eigenvalue weighted by atomic mass is 16.5. The first-order valence-corrected chi connectivity index (χ1v) is 7.23. The van der Waals surface area contributed by atoms with Crippen LogP contribution in [0.1, 0.15) is 41.6 Å². The first kappa shape index (κ1) is 15.5. The molecule has 0 radical (unpaired) electrons. The van der Waals surface area contributed by atoms with Gasteiger partial charge in [-0.15, -0.1) is 0 Å². The molecular weight excluding hydrogens is 270 g/mol. The molecular formula is C16H21NO4. The van der Waals surface area contributed by atoms with E-state index in [2.05, 4.69) is 5.32 Å². The van der Waals surface area contributed by atoms with Gasteiger partial charge in [-0.2, -0.15) is 0 Å². The zero-order valence-electron chi connectivity index (χ0n) is 12.3. The molecule has 114 valence electrons. The minimum absolute atomic E-state index is 0.227. The second kappa shape index (κ2) is 7.78. The van der Waals surface area contributed by atoms with E-state index in [4.69, 9.17) is 9.47 Å². The summed E-state index contributed by atoms with van der Waals surface area (Å²) < 4.78 is 10.0. The van der Waals surface area contributed by atoms with E-state index < -0.39 is 5.97 Å². The maximum Gasteiger partial charge on any atom is 0.338 e. The van der Waals surface area contributed by atoms with E-state index in [1.54, 1.807) is 31.4 Å². The van der Waals surface area contributed by atoms with Gasteiger partial charge in [0.25, 0.3) is 5.91 Å². The van der Waals surface area contributed by atoms with Gasteiger partial charge in [-0.05, 0) is 30.5 Å². The number of hydrogen-bond donors (Lipinski definition) is 1. The highest BCUT2D eigenvalue weighted by Gasteiger charge is 2.18. The number of carbonyl (C=O) groups excluding carboxylic acids is 2. The van der Waals surface area contributed by atoms with E-state index in [0.29, 0.717) is 12.2 Å². The first-order chi connectivity index (χ1) is 10.2. The van der Waals surface area contributed by atoms with Gasteiger partial charge in [-0.3, -0.25) is 4.79 Å². The van der Waals surface area contributed by atoms with Crippen LogP contribution in [-0.2, 0) is 20.9 Å². The van der Waals surface area contributed by atoms with Crippen molar-refractivity contribution < 1.29 is 19.1 Å². The van der Waals surface area contributed by atoms with Crippen LogP contribution in [0.3, 0.4) is 0 Å². The molecule has 0 aromatic heterocycles. The Bertz CT molecular complexity index is 478. The average Bonchev–Trinajstić information content (AvgIpc) is 2.99. The van der Waals surface area contributed by atoms with Crippen molar-refractivity contribution in [1.82, 2.24) is 5.32 Å². The molecule has 1 aliphatic carbocycles. The number of hydrogen-bond acceptors (Lipinski definition) is 4. The zero-order valence-corrected chi connectivity index (χ0v) is 12.3. The molecule has 0 spiro atoms. The summed E-state index contributed by atoms with van der Waals surface area (Å²) in [7, 11) is 1.62. The summed E-state index contributed by atoms with van der Waals surface area (Å²) >= 11 is 0. The fourth-order valence-electron chi connectivity index (χ4n) is 2.46. The Morgan fingerprint density at radius 3 is 2.48 bits per heavy atom. The summed E-state index contributed by atoms with van der Waals surface area (Å²) in [5.74, 6) is -0.716. The third kappa shape index (κ3) is 4.86. The summed E-state index contributed by atoms with van der Waals surface area (Å²) in [4.78, 5) is 23.5. The smallest absolute Gasteiger partial charge is 0.338 e. The van der Waals surface area contributed by atoms with Gasteiger partial charge in [-0.1, -0.05) is 25.0 Å².